The van der Waals surface area contributed by atoms with Crippen LogP contribution in [-0.4, -0.2) is 28.1 Å². The van der Waals surface area contributed by atoms with E-state index in [1.165, 1.54) is 0 Å². The van der Waals surface area contributed by atoms with E-state index < -0.39 is 0 Å². The van der Waals surface area contributed by atoms with E-state index in [1.54, 1.807) is 11.8 Å². The number of H-pyrrole nitrogens is 1. The monoisotopic (exact) mass is 386 g/mol. The highest BCUT2D eigenvalue weighted by molar-refractivity contribution is 9.10. The summed E-state index contributed by atoms with van der Waals surface area (Å²) in [5.74, 6) is 2.17. The van der Waals surface area contributed by atoms with Gasteiger partial charge in [0.05, 0.1) is 19.8 Å². The van der Waals surface area contributed by atoms with Gasteiger partial charge in [-0.15, -0.1) is 0 Å². The van der Waals surface area contributed by atoms with Crippen molar-refractivity contribution in [3.63, 3.8) is 0 Å². The van der Waals surface area contributed by atoms with Crippen LogP contribution in [0.25, 0.3) is 0 Å². The first-order chi connectivity index (χ1) is 10.4. The minimum absolute atomic E-state index is 0.0415. The van der Waals surface area contributed by atoms with Crippen LogP contribution in [0.3, 0.4) is 0 Å². The van der Waals surface area contributed by atoms with Crippen LogP contribution in [0.1, 0.15) is 25.2 Å². The van der Waals surface area contributed by atoms with Crippen LogP contribution in [0.4, 0.5) is 0 Å². The quantitative estimate of drug-likeness (QED) is 0.743. The summed E-state index contributed by atoms with van der Waals surface area (Å²) in [7, 11) is 1.63. The number of aromatic amines is 1. The van der Waals surface area contributed by atoms with E-state index in [1.807, 2.05) is 32.9 Å². The largest absolute Gasteiger partial charge is 0.493 e. The summed E-state index contributed by atoms with van der Waals surface area (Å²) >= 11 is 8.75. The normalized spacial score (nSPS) is 10.8. The van der Waals surface area contributed by atoms with Crippen LogP contribution in [0, 0.1) is 11.7 Å². The van der Waals surface area contributed by atoms with Crippen molar-refractivity contribution in [3.8, 4) is 11.5 Å². The van der Waals surface area contributed by atoms with Crippen molar-refractivity contribution in [2.24, 2.45) is 0 Å². The number of nitrogens with zero attached hydrogens (tertiary/aromatic N) is 2. The van der Waals surface area contributed by atoms with Crippen LogP contribution < -0.4 is 14.9 Å². The average molecular weight is 387 g/mol. The Hall–Kier alpha value is -1.54. The highest BCUT2D eigenvalue weighted by Gasteiger charge is 2.16. The molecule has 0 spiro atoms. The third kappa shape index (κ3) is 3.61. The first-order valence-corrected chi connectivity index (χ1v) is 8.04. The number of hydrogen-bond acceptors (Lipinski definition) is 5. The molecule has 0 aliphatic carbocycles. The molecule has 2 N–H and O–H groups in total. The van der Waals surface area contributed by atoms with Crippen molar-refractivity contribution >= 4 is 28.1 Å². The van der Waals surface area contributed by atoms with Gasteiger partial charge in [0.15, 0.2) is 11.5 Å². The Labute approximate surface area is 142 Å². The van der Waals surface area contributed by atoms with E-state index in [9.17, 15) is 0 Å². The predicted octanol–water partition coefficient (Wildman–Crippen LogP) is 3.55. The minimum atomic E-state index is 0.0415. The Morgan fingerprint density at radius 3 is 2.73 bits per heavy atom. The van der Waals surface area contributed by atoms with E-state index >= 15 is 0 Å². The van der Waals surface area contributed by atoms with Gasteiger partial charge in [-0.25, -0.2) is 4.68 Å². The molecule has 2 rings (SSSR count). The summed E-state index contributed by atoms with van der Waals surface area (Å²) in [5.41, 5.74) is 4.19. The van der Waals surface area contributed by atoms with Crippen molar-refractivity contribution in [1.82, 2.24) is 14.9 Å². The zero-order valence-electron chi connectivity index (χ0n) is 12.9. The molecule has 0 bridgehead atoms. The van der Waals surface area contributed by atoms with Gasteiger partial charge in [-0.1, -0.05) is 15.9 Å². The van der Waals surface area contributed by atoms with Crippen molar-refractivity contribution in [2.45, 2.75) is 33.4 Å². The lowest BCUT2D eigenvalue weighted by molar-refractivity contribution is 0.227. The Bertz CT molecular complexity index is 711. The maximum Gasteiger partial charge on any atom is 0.214 e. The lowest BCUT2D eigenvalue weighted by atomic mass is 10.2. The Morgan fingerprint density at radius 2 is 2.18 bits per heavy atom. The smallest absolute Gasteiger partial charge is 0.214 e. The number of halogens is 1. The molecule has 0 aliphatic rings. The molecule has 120 valence electrons. The number of ether oxygens (including phenoxy) is 2. The fraction of sp³-hybridized carbons (Fsp3) is 0.429. The summed E-state index contributed by atoms with van der Waals surface area (Å²) in [6, 6.07) is 3.81. The van der Waals surface area contributed by atoms with Gasteiger partial charge < -0.3 is 14.9 Å². The molecule has 2 aromatic rings. The number of nitrogens with one attached hydrogen (secondary N) is 2. The Balaban J connectivity index is 2.34. The summed E-state index contributed by atoms with van der Waals surface area (Å²) in [6.45, 7) is 6.34. The molecule has 1 aromatic heterocycles. The molecule has 0 radical (unpaired) electrons. The highest BCUT2D eigenvalue weighted by Crippen LogP contribution is 2.37. The van der Waals surface area contributed by atoms with Gasteiger partial charge in [-0.2, -0.15) is 5.10 Å². The molecule has 0 saturated heterocycles. The molecule has 1 aromatic carbocycles. The molecule has 8 heteroatoms. The molecule has 0 fully saturated rings. The van der Waals surface area contributed by atoms with Gasteiger partial charge in [-0.05, 0) is 45.1 Å². The van der Waals surface area contributed by atoms with E-state index in [-0.39, 0.29) is 6.10 Å². The second kappa shape index (κ2) is 7.15. The molecule has 0 saturated carbocycles. The number of aromatic nitrogens is 3. The number of methoxy groups -OCH3 is 1. The maximum atomic E-state index is 5.92. The molecule has 0 amide bonds. The average Bonchev–Trinajstić information content (AvgIpc) is 2.78. The maximum absolute atomic E-state index is 5.92. The van der Waals surface area contributed by atoms with Gasteiger partial charge >= 0.3 is 0 Å². The Morgan fingerprint density at radius 1 is 1.45 bits per heavy atom. The van der Waals surface area contributed by atoms with E-state index in [2.05, 4.69) is 31.6 Å². The SMILES string of the molecule is COc1ccc(Br)c(CNn2c(C)n[nH]c2=S)c1OC(C)C. The Kier molecular flexibility index (Phi) is 5.47. The molecule has 1 heterocycles. The predicted molar refractivity (Wildman–Crippen MR) is 91.7 cm³/mol. The zero-order chi connectivity index (χ0) is 16.3. The zero-order valence-corrected chi connectivity index (χ0v) is 15.3. The number of rotatable bonds is 6. The van der Waals surface area contributed by atoms with Crippen LogP contribution in [0.15, 0.2) is 16.6 Å². The molecule has 0 unspecified atom stereocenters. The third-order valence-electron chi connectivity index (χ3n) is 2.99. The fourth-order valence-corrected chi connectivity index (χ4v) is 2.69. The second-order valence-electron chi connectivity index (χ2n) is 4.97. The van der Waals surface area contributed by atoms with Gasteiger partial charge in [0.2, 0.25) is 4.77 Å². The van der Waals surface area contributed by atoms with E-state index in [4.69, 9.17) is 21.7 Å². The van der Waals surface area contributed by atoms with Gasteiger partial charge in [-0.3, -0.25) is 5.10 Å². The first-order valence-electron chi connectivity index (χ1n) is 6.84. The lowest BCUT2D eigenvalue weighted by Gasteiger charge is -2.19. The van der Waals surface area contributed by atoms with E-state index in [0.717, 1.165) is 15.9 Å². The summed E-state index contributed by atoms with van der Waals surface area (Å²) < 4.78 is 14.5. The number of aryl methyl sites for hydroxylation is 1. The second-order valence-corrected chi connectivity index (χ2v) is 6.21. The molecule has 0 aliphatic heterocycles. The van der Waals surface area contributed by atoms with Crippen molar-refractivity contribution in [1.29, 1.82) is 0 Å². The van der Waals surface area contributed by atoms with Crippen LogP contribution in [0.2, 0.25) is 0 Å². The standard InChI is InChI=1S/C14H19BrN4O2S/c1-8(2)21-13-10(11(15)5-6-12(13)20-4)7-16-19-9(3)17-18-14(19)22/h5-6,8,16H,7H2,1-4H3,(H,18,22). The van der Waals surface area contributed by atoms with E-state index in [0.29, 0.717) is 22.8 Å². The van der Waals surface area contributed by atoms with Crippen LogP contribution >= 0.6 is 28.1 Å². The fourth-order valence-electron chi connectivity index (χ4n) is 1.99. The number of hydrogen-bond donors (Lipinski definition) is 2. The summed E-state index contributed by atoms with van der Waals surface area (Å²) in [5, 5.41) is 6.81. The minimum Gasteiger partial charge on any atom is -0.493 e. The molecular weight excluding hydrogens is 368 g/mol. The first kappa shape index (κ1) is 16.8. The topological polar surface area (TPSA) is 64.1 Å². The summed E-state index contributed by atoms with van der Waals surface area (Å²) in [6.07, 6.45) is 0.0415. The van der Waals surface area contributed by atoms with Crippen molar-refractivity contribution in [3.05, 3.63) is 32.8 Å². The number of benzene rings is 1. The van der Waals surface area contributed by atoms with Crippen molar-refractivity contribution < 1.29 is 9.47 Å². The van der Waals surface area contributed by atoms with Gasteiger partial charge in [0.25, 0.3) is 0 Å². The van der Waals surface area contributed by atoms with Gasteiger partial charge in [0, 0.05) is 10.0 Å². The van der Waals surface area contributed by atoms with Crippen LogP contribution in [-0.2, 0) is 6.54 Å². The summed E-state index contributed by atoms with van der Waals surface area (Å²) in [4.78, 5) is 0. The molecule has 6 nitrogen and oxygen atoms in total. The molecular formula is C14H19BrN4O2S. The molecule has 0 atom stereocenters. The highest BCUT2D eigenvalue weighted by atomic mass is 79.9. The lowest BCUT2D eigenvalue weighted by Crippen LogP contribution is -2.18. The molecule has 22 heavy (non-hydrogen) atoms. The van der Waals surface area contributed by atoms with Gasteiger partial charge in [0.1, 0.15) is 5.82 Å². The third-order valence-corrected chi connectivity index (χ3v) is 4.01. The van der Waals surface area contributed by atoms with Crippen LogP contribution in [0.5, 0.6) is 11.5 Å². The van der Waals surface area contributed by atoms with Crippen molar-refractivity contribution in [2.75, 3.05) is 12.5 Å².